The fraction of sp³-hybridized carbons (Fsp3) is 0.111. The van der Waals surface area contributed by atoms with Gasteiger partial charge in [-0.3, -0.25) is 0 Å². The van der Waals surface area contributed by atoms with Gasteiger partial charge in [-0.2, -0.15) is 0 Å². The zero-order valence-electron chi connectivity index (χ0n) is 7.68. The Labute approximate surface area is 105 Å². The van der Waals surface area contributed by atoms with Crippen LogP contribution in [-0.2, 0) is 6.54 Å². The van der Waals surface area contributed by atoms with E-state index in [1.165, 1.54) is 4.88 Å². The number of thiocarbonyl (C=S) groups is 1. The molecule has 0 saturated carbocycles. The van der Waals surface area contributed by atoms with Crippen molar-refractivity contribution in [2.75, 3.05) is 0 Å². The highest BCUT2D eigenvalue weighted by atomic mass is 79.9. The molecule has 0 amide bonds. The molecule has 0 aromatic carbocycles. The number of hydrogen-bond donors (Lipinski definition) is 1. The number of hydrogen-bond acceptors (Lipinski definition) is 3. The molecule has 2 rings (SSSR count). The van der Waals surface area contributed by atoms with Crippen molar-refractivity contribution in [2.45, 2.75) is 6.54 Å². The van der Waals surface area contributed by atoms with Crippen LogP contribution in [0.15, 0.2) is 28.3 Å². The van der Waals surface area contributed by atoms with Crippen LogP contribution in [0.1, 0.15) is 10.7 Å². The Morgan fingerprint density at radius 1 is 1.67 bits per heavy atom. The molecule has 3 nitrogen and oxygen atoms in total. The monoisotopic (exact) mass is 301 g/mol. The van der Waals surface area contributed by atoms with Gasteiger partial charge in [-0.15, -0.1) is 11.3 Å². The van der Waals surface area contributed by atoms with Crippen LogP contribution >= 0.6 is 39.5 Å². The Morgan fingerprint density at radius 3 is 3.07 bits per heavy atom. The number of nitrogens with zero attached hydrogens (tertiary/aromatic N) is 2. The van der Waals surface area contributed by atoms with Gasteiger partial charge >= 0.3 is 0 Å². The maximum atomic E-state index is 5.56. The molecule has 15 heavy (non-hydrogen) atoms. The van der Waals surface area contributed by atoms with Crippen LogP contribution in [0.2, 0.25) is 0 Å². The highest BCUT2D eigenvalue weighted by Crippen LogP contribution is 2.20. The van der Waals surface area contributed by atoms with Crippen molar-refractivity contribution in [1.29, 1.82) is 0 Å². The SMILES string of the molecule is NC(=S)c1nccn1Cc1cc(Br)cs1. The van der Waals surface area contributed by atoms with Gasteiger partial charge in [0.05, 0.1) is 6.54 Å². The molecule has 0 aliphatic heterocycles. The summed E-state index contributed by atoms with van der Waals surface area (Å²) in [5, 5.41) is 2.05. The zero-order chi connectivity index (χ0) is 10.8. The van der Waals surface area contributed by atoms with Gasteiger partial charge < -0.3 is 10.3 Å². The van der Waals surface area contributed by atoms with Crippen molar-refractivity contribution >= 4 is 44.5 Å². The van der Waals surface area contributed by atoms with Crippen LogP contribution in [0.5, 0.6) is 0 Å². The predicted octanol–water partition coefficient (Wildman–Crippen LogP) is 2.39. The Morgan fingerprint density at radius 2 is 2.47 bits per heavy atom. The van der Waals surface area contributed by atoms with Gasteiger partial charge in [0.2, 0.25) is 0 Å². The third kappa shape index (κ3) is 2.45. The lowest BCUT2D eigenvalue weighted by Crippen LogP contribution is -2.16. The molecular formula is C9H8BrN3S2. The lowest BCUT2D eigenvalue weighted by molar-refractivity contribution is 0.800. The first-order chi connectivity index (χ1) is 7.16. The third-order valence-corrected chi connectivity index (χ3v) is 3.75. The highest BCUT2D eigenvalue weighted by Gasteiger charge is 2.06. The lowest BCUT2D eigenvalue weighted by Gasteiger charge is -2.03. The molecule has 0 aliphatic rings. The number of imidazole rings is 1. The van der Waals surface area contributed by atoms with Crippen molar-refractivity contribution in [2.24, 2.45) is 5.73 Å². The average Bonchev–Trinajstić information content (AvgIpc) is 2.75. The van der Waals surface area contributed by atoms with Crippen molar-refractivity contribution in [3.8, 4) is 0 Å². The summed E-state index contributed by atoms with van der Waals surface area (Å²) in [4.78, 5) is 5.67. The van der Waals surface area contributed by atoms with Crippen LogP contribution in [0.3, 0.4) is 0 Å². The second-order valence-electron chi connectivity index (χ2n) is 2.97. The summed E-state index contributed by atoms with van der Waals surface area (Å²) >= 11 is 10.0. The first-order valence-electron chi connectivity index (χ1n) is 4.20. The van der Waals surface area contributed by atoms with Crippen LogP contribution in [0, 0.1) is 0 Å². The van der Waals surface area contributed by atoms with Gasteiger partial charge in [-0.05, 0) is 22.0 Å². The Hall–Kier alpha value is -0.720. The minimum atomic E-state index is 0.329. The van der Waals surface area contributed by atoms with E-state index >= 15 is 0 Å². The quantitative estimate of drug-likeness (QED) is 0.885. The number of thiophene rings is 1. The standard InChI is InChI=1S/C9H8BrN3S2/c10-6-3-7(15-5-6)4-13-2-1-12-9(13)8(11)14/h1-3,5H,4H2,(H2,11,14). The summed E-state index contributed by atoms with van der Waals surface area (Å²) in [6, 6.07) is 2.08. The molecule has 6 heteroatoms. The summed E-state index contributed by atoms with van der Waals surface area (Å²) in [5.74, 6) is 0.662. The molecule has 0 atom stereocenters. The molecule has 0 saturated heterocycles. The van der Waals surface area contributed by atoms with Crippen LogP contribution in [-0.4, -0.2) is 14.5 Å². The van der Waals surface area contributed by atoms with Gasteiger partial charge in [-0.25, -0.2) is 4.98 Å². The molecule has 0 unspecified atom stereocenters. The van der Waals surface area contributed by atoms with Gasteiger partial charge in [0.1, 0.15) is 4.99 Å². The summed E-state index contributed by atoms with van der Waals surface area (Å²) in [5.41, 5.74) is 5.56. The predicted molar refractivity (Wildman–Crippen MR) is 69.2 cm³/mol. The van der Waals surface area contributed by atoms with E-state index < -0.39 is 0 Å². The molecule has 2 heterocycles. The number of halogens is 1. The smallest absolute Gasteiger partial charge is 0.167 e. The van der Waals surface area contributed by atoms with E-state index in [2.05, 4.69) is 27.0 Å². The van der Waals surface area contributed by atoms with E-state index in [0.29, 0.717) is 10.8 Å². The number of aromatic nitrogens is 2. The van der Waals surface area contributed by atoms with E-state index in [1.54, 1.807) is 17.5 Å². The fourth-order valence-corrected chi connectivity index (χ4v) is 2.89. The van der Waals surface area contributed by atoms with Crippen molar-refractivity contribution < 1.29 is 0 Å². The van der Waals surface area contributed by atoms with E-state index in [-0.39, 0.29) is 0 Å². The normalized spacial score (nSPS) is 10.5. The Bertz CT molecular complexity index is 489. The molecule has 0 spiro atoms. The summed E-state index contributed by atoms with van der Waals surface area (Å²) in [6.45, 7) is 0.753. The average molecular weight is 302 g/mol. The molecule has 2 aromatic heterocycles. The molecule has 0 fully saturated rings. The Balaban J connectivity index is 2.24. The van der Waals surface area contributed by atoms with Crippen molar-refractivity contribution in [3.05, 3.63) is 39.0 Å². The molecule has 78 valence electrons. The van der Waals surface area contributed by atoms with Gasteiger partial charge in [0.25, 0.3) is 0 Å². The number of rotatable bonds is 3. The first kappa shape index (κ1) is 10.8. The minimum Gasteiger partial charge on any atom is -0.387 e. The maximum absolute atomic E-state index is 5.56. The van der Waals surface area contributed by atoms with Gasteiger partial charge in [0.15, 0.2) is 5.82 Å². The molecule has 0 radical (unpaired) electrons. The summed E-state index contributed by atoms with van der Waals surface area (Å²) in [6.07, 6.45) is 3.58. The second kappa shape index (κ2) is 4.42. The van der Waals surface area contributed by atoms with Crippen LogP contribution < -0.4 is 5.73 Å². The van der Waals surface area contributed by atoms with Gasteiger partial charge in [0, 0.05) is 27.1 Å². The van der Waals surface area contributed by atoms with E-state index in [0.717, 1.165) is 11.0 Å². The first-order valence-corrected chi connectivity index (χ1v) is 6.29. The molecule has 0 aliphatic carbocycles. The molecule has 2 aromatic rings. The van der Waals surface area contributed by atoms with Gasteiger partial charge in [-0.1, -0.05) is 12.2 Å². The largest absolute Gasteiger partial charge is 0.387 e. The van der Waals surface area contributed by atoms with Crippen molar-refractivity contribution in [3.63, 3.8) is 0 Å². The van der Waals surface area contributed by atoms with Crippen LogP contribution in [0.4, 0.5) is 0 Å². The highest BCUT2D eigenvalue weighted by molar-refractivity contribution is 9.10. The summed E-state index contributed by atoms with van der Waals surface area (Å²) < 4.78 is 3.04. The van der Waals surface area contributed by atoms with E-state index in [4.69, 9.17) is 18.0 Å². The zero-order valence-corrected chi connectivity index (χ0v) is 10.9. The van der Waals surface area contributed by atoms with Crippen molar-refractivity contribution in [1.82, 2.24) is 9.55 Å². The second-order valence-corrected chi connectivity index (χ2v) is 5.33. The fourth-order valence-electron chi connectivity index (χ4n) is 1.27. The molecule has 2 N–H and O–H groups in total. The third-order valence-electron chi connectivity index (χ3n) is 1.88. The lowest BCUT2D eigenvalue weighted by atomic mass is 10.4. The topological polar surface area (TPSA) is 43.8 Å². The maximum Gasteiger partial charge on any atom is 0.167 e. The summed E-state index contributed by atoms with van der Waals surface area (Å²) in [7, 11) is 0. The van der Waals surface area contributed by atoms with Crippen LogP contribution in [0.25, 0.3) is 0 Å². The number of nitrogens with two attached hydrogens (primary N) is 1. The van der Waals surface area contributed by atoms with E-state index in [1.807, 2.05) is 16.1 Å². The van der Waals surface area contributed by atoms with E-state index in [9.17, 15) is 0 Å². The molecular weight excluding hydrogens is 294 g/mol. The Kier molecular flexibility index (Phi) is 3.18. The minimum absolute atomic E-state index is 0.329. The molecule has 0 bridgehead atoms.